The molecule has 3 heteroatoms. The van der Waals surface area contributed by atoms with Crippen molar-refractivity contribution in [3.63, 3.8) is 0 Å². The summed E-state index contributed by atoms with van der Waals surface area (Å²) >= 11 is 0. The molecule has 3 nitrogen and oxygen atoms in total. The van der Waals surface area contributed by atoms with Gasteiger partial charge in [0.1, 0.15) is 0 Å². The van der Waals surface area contributed by atoms with Gasteiger partial charge in [0, 0.05) is 38.0 Å². The van der Waals surface area contributed by atoms with E-state index in [1.54, 1.807) is 0 Å². The molecule has 1 spiro atoms. The van der Waals surface area contributed by atoms with E-state index in [9.17, 15) is 4.79 Å². The molecule has 3 rings (SSSR count). The number of carbonyl (C=O) groups is 1. The number of amides is 1. The number of benzene rings is 1. The Balaban J connectivity index is 1.70. The van der Waals surface area contributed by atoms with Crippen molar-refractivity contribution in [1.29, 1.82) is 0 Å². The molecule has 0 aromatic heterocycles. The first-order valence-corrected chi connectivity index (χ1v) is 5.80. The fourth-order valence-electron chi connectivity index (χ4n) is 2.64. The van der Waals surface area contributed by atoms with Crippen molar-refractivity contribution in [3.8, 4) is 0 Å². The second kappa shape index (κ2) is 3.59. The molecule has 0 aliphatic carbocycles. The van der Waals surface area contributed by atoms with E-state index in [0.717, 1.165) is 32.6 Å². The summed E-state index contributed by atoms with van der Waals surface area (Å²) in [5.74, 6) is 0.311. The van der Waals surface area contributed by atoms with E-state index >= 15 is 0 Å². The second-order valence-electron chi connectivity index (χ2n) is 5.02. The third-order valence-electron chi connectivity index (χ3n) is 3.62. The maximum Gasteiger partial charge on any atom is 0.223 e. The summed E-state index contributed by atoms with van der Waals surface area (Å²) in [5, 5.41) is 3.27. The number of rotatable bonds is 2. The normalized spacial score (nSPS) is 22.5. The van der Waals surface area contributed by atoms with Crippen LogP contribution in [0.5, 0.6) is 0 Å². The predicted octanol–water partition coefficient (Wildman–Crippen LogP) is 1.01. The van der Waals surface area contributed by atoms with Gasteiger partial charge in [-0.25, -0.2) is 0 Å². The van der Waals surface area contributed by atoms with Gasteiger partial charge in [0.25, 0.3) is 0 Å². The van der Waals surface area contributed by atoms with E-state index in [2.05, 4.69) is 17.4 Å². The molecule has 16 heavy (non-hydrogen) atoms. The zero-order valence-electron chi connectivity index (χ0n) is 9.28. The molecule has 0 radical (unpaired) electrons. The average Bonchev–Trinajstić information content (AvgIpc) is 2.58. The molecule has 1 amide bonds. The maximum absolute atomic E-state index is 11.9. The van der Waals surface area contributed by atoms with Gasteiger partial charge in [0.05, 0.1) is 0 Å². The van der Waals surface area contributed by atoms with Crippen LogP contribution in [-0.4, -0.2) is 30.4 Å². The second-order valence-corrected chi connectivity index (χ2v) is 5.02. The van der Waals surface area contributed by atoms with Gasteiger partial charge in [-0.1, -0.05) is 30.3 Å². The van der Waals surface area contributed by atoms with Gasteiger partial charge in [-0.2, -0.15) is 0 Å². The van der Waals surface area contributed by atoms with Gasteiger partial charge in [-0.15, -0.1) is 0 Å². The van der Waals surface area contributed by atoms with Crippen LogP contribution in [0.2, 0.25) is 0 Å². The highest BCUT2D eigenvalue weighted by Gasteiger charge is 2.46. The van der Waals surface area contributed by atoms with Crippen molar-refractivity contribution >= 4 is 5.91 Å². The lowest BCUT2D eigenvalue weighted by Gasteiger charge is -2.38. The monoisotopic (exact) mass is 216 g/mol. The number of likely N-dealkylation sites (tertiary alicyclic amines) is 1. The quantitative estimate of drug-likeness (QED) is 0.800. The average molecular weight is 216 g/mol. The highest BCUT2D eigenvalue weighted by molar-refractivity contribution is 5.79. The van der Waals surface area contributed by atoms with E-state index in [0.29, 0.717) is 5.91 Å². The van der Waals surface area contributed by atoms with E-state index in [1.165, 1.54) is 5.56 Å². The standard InChI is InChI=1S/C13H16N2O/c16-12-6-13(8-14-9-13)10-15(12)7-11-4-2-1-3-5-11/h1-5,14H,6-10H2. The molecule has 2 aliphatic heterocycles. The first kappa shape index (κ1) is 9.85. The highest BCUT2D eigenvalue weighted by atomic mass is 16.2. The Hall–Kier alpha value is -1.35. The number of hydrogen-bond donors (Lipinski definition) is 1. The van der Waals surface area contributed by atoms with Gasteiger partial charge in [-0.3, -0.25) is 4.79 Å². The summed E-state index contributed by atoms with van der Waals surface area (Å²) < 4.78 is 0. The predicted molar refractivity (Wildman–Crippen MR) is 61.8 cm³/mol. The lowest BCUT2D eigenvalue weighted by atomic mass is 9.81. The third kappa shape index (κ3) is 1.61. The SMILES string of the molecule is O=C1CC2(CNC2)CN1Cc1ccccc1. The number of nitrogens with one attached hydrogen (secondary N) is 1. The van der Waals surface area contributed by atoms with Crippen molar-refractivity contribution in [1.82, 2.24) is 10.2 Å². The summed E-state index contributed by atoms with van der Waals surface area (Å²) in [6.45, 7) is 3.70. The van der Waals surface area contributed by atoms with Gasteiger partial charge >= 0.3 is 0 Å². The van der Waals surface area contributed by atoms with Gasteiger partial charge in [-0.05, 0) is 5.56 Å². The fraction of sp³-hybridized carbons (Fsp3) is 0.462. The number of carbonyl (C=O) groups excluding carboxylic acids is 1. The smallest absolute Gasteiger partial charge is 0.223 e. The van der Waals surface area contributed by atoms with Crippen molar-refractivity contribution < 1.29 is 4.79 Å². The third-order valence-corrected chi connectivity index (χ3v) is 3.62. The molecule has 1 aromatic carbocycles. The van der Waals surface area contributed by atoms with Crippen molar-refractivity contribution in [2.75, 3.05) is 19.6 Å². The summed E-state index contributed by atoms with van der Waals surface area (Å²) in [6.07, 6.45) is 0.729. The summed E-state index contributed by atoms with van der Waals surface area (Å²) in [6, 6.07) is 10.2. The Morgan fingerprint density at radius 3 is 2.56 bits per heavy atom. The van der Waals surface area contributed by atoms with Gasteiger partial charge < -0.3 is 10.2 Å². The van der Waals surface area contributed by atoms with Crippen LogP contribution in [0.3, 0.4) is 0 Å². The van der Waals surface area contributed by atoms with Gasteiger partial charge in [0.2, 0.25) is 5.91 Å². The Bertz CT molecular complexity index is 398. The van der Waals surface area contributed by atoms with Crippen LogP contribution < -0.4 is 5.32 Å². The zero-order valence-corrected chi connectivity index (χ0v) is 9.28. The molecule has 1 aromatic rings. The number of nitrogens with zero attached hydrogens (tertiary/aromatic N) is 1. The van der Waals surface area contributed by atoms with Gasteiger partial charge in [0.15, 0.2) is 0 Å². The van der Waals surface area contributed by atoms with E-state index in [1.807, 2.05) is 23.1 Å². The lowest BCUT2D eigenvalue weighted by molar-refractivity contribution is -0.128. The molecular formula is C13H16N2O. The maximum atomic E-state index is 11.9. The Morgan fingerprint density at radius 1 is 1.25 bits per heavy atom. The molecule has 2 fully saturated rings. The van der Waals surface area contributed by atoms with Crippen LogP contribution in [0.4, 0.5) is 0 Å². The fourth-order valence-corrected chi connectivity index (χ4v) is 2.64. The topological polar surface area (TPSA) is 32.3 Å². The highest BCUT2D eigenvalue weighted by Crippen LogP contribution is 2.35. The molecular weight excluding hydrogens is 200 g/mol. The molecule has 2 aliphatic rings. The minimum absolute atomic E-state index is 0.256. The Morgan fingerprint density at radius 2 is 2.00 bits per heavy atom. The molecule has 0 atom stereocenters. The van der Waals surface area contributed by atoms with Crippen LogP contribution >= 0.6 is 0 Å². The first-order chi connectivity index (χ1) is 7.77. The zero-order chi connectivity index (χ0) is 11.0. The number of hydrogen-bond acceptors (Lipinski definition) is 2. The summed E-state index contributed by atoms with van der Waals surface area (Å²) in [7, 11) is 0. The van der Waals surface area contributed by atoms with Crippen molar-refractivity contribution in [2.45, 2.75) is 13.0 Å². The molecule has 2 saturated heterocycles. The summed E-state index contributed by atoms with van der Waals surface area (Å²) in [4.78, 5) is 13.9. The molecule has 0 saturated carbocycles. The molecule has 0 unspecified atom stereocenters. The van der Waals surface area contributed by atoms with Crippen LogP contribution in [0.15, 0.2) is 30.3 Å². The van der Waals surface area contributed by atoms with Crippen LogP contribution in [0, 0.1) is 5.41 Å². The Labute approximate surface area is 95.4 Å². The van der Waals surface area contributed by atoms with E-state index in [4.69, 9.17) is 0 Å². The minimum Gasteiger partial charge on any atom is -0.338 e. The molecule has 84 valence electrons. The van der Waals surface area contributed by atoms with Crippen LogP contribution in [0.1, 0.15) is 12.0 Å². The first-order valence-electron chi connectivity index (χ1n) is 5.80. The molecule has 2 heterocycles. The molecule has 0 bridgehead atoms. The molecule has 1 N–H and O–H groups in total. The van der Waals surface area contributed by atoms with Crippen molar-refractivity contribution in [2.24, 2.45) is 5.41 Å². The van der Waals surface area contributed by atoms with Crippen molar-refractivity contribution in [3.05, 3.63) is 35.9 Å². The van der Waals surface area contributed by atoms with E-state index in [-0.39, 0.29) is 5.41 Å². The minimum atomic E-state index is 0.256. The summed E-state index contributed by atoms with van der Waals surface area (Å²) in [5.41, 5.74) is 1.48. The van der Waals surface area contributed by atoms with E-state index < -0.39 is 0 Å². The van der Waals surface area contributed by atoms with Crippen LogP contribution in [-0.2, 0) is 11.3 Å². The van der Waals surface area contributed by atoms with Crippen LogP contribution in [0.25, 0.3) is 0 Å². The largest absolute Gasteiger partial charge is 0.338 e. The Kier molecular flexibility index (Phi) is 2.21. The lowest BCUT2D eigenvalue weighted by Crippen LogP contribution is -2.54.